The maximum atomic E-state index is 13.2. The van der Waals surface area contributed by atoms with Crippen LogP contribution in [-0.4, -0.2) is 59.8 Å². The first-order chi connectivity index (χ1) is 18.8. The summed E-state index contributed by atoms with van der Waals surface area (Å²) in [5, 5.41) is 6.27. The number of anilines is 1. The standard InChI is InChI=1S/C29H32F2N6O2/c1-5-25(35-23(15-36(3)4)17(2)19-9-11-39-16-19)34-22-7-6-20(21-13-33-29(38)27(21)22)24-14-32-26-12-18(28(30)31)8-10-37(24)26/h5-8,10,12,14,19,28,34H,2,9,11,13,15-16H2,1,3-4H3,(H,33,38)/b25-5-,35-23-/t19-/m0/s1. The highest BCUT2D eigenvalue weighted by Crippen LogP contribution is 2.35. The molecule has 5 rings (SSSR count). The van der Waals surface area contributed by atoms with Gasteiger partial charge in [0.1, 0.15) is 11.5 Å². The van der Waals surface area contributed by atoms with Crippen molar-refractivity contribution >= 4 is 23.0 Å². The minimum Gasteiger partial charge on any atom is -0.381 e. The molecule has 0 spiro atoms. The Kier molecular flexibility index (Phi) is 7.58. The number of alkyl halides is 2. The highest BCUT2D eigenvalue weighted by Gasteiger charge is 2.28. The number of aliphatic imine (C=N–C) groups is 1. The largest absolute Gasteiger partial charge is 0.381 e. The molecule has 1 atom stereocenters. The third kappa shape index (κ3) is 5.35. The second-order valence-electron chi connectivity index (χ2n) is 10.0. The number of imidazole rings is 1. The summed E-state index contributed by atoms with van der Waals surface area (Å²) in [5.41, 5.74) is 5.65. The van der Waals surface area contributed by atoms with Gasteiger partial charge in [-0.3, -0.25) is 9.20 Å². The number of hydrogen-bond acceptors (Lipinski definition) is 6. The molecule has 8 nitrogen and oxygen atoms in total. The summed E-state index contributed by atoms with van der Waals surface area (Å²) >= 11 is 0. The van der Waals surface area contributed by atoms with Gasteiger partial charge in [-0.15, -0.1) is 0 Å². The van der Waals surface area contributed by atoms with Crippen LogP contribution >= 0.6 is 0 Å². The van der Waals surface area contributed by atoms with Gasteiger partial charge in [-0.2, -0.15) is 0 Å². The van der Waals surface area contributed by atoms with Crippen molar-refractivity contribution in [3.8, 4) is 11.3 Å². The maximum absolute atomic E-state index is 13.2. The molecule has 2 aromatic heterocycles. The smallest absolute Gasteiger partial charge is 0.264 e. The number of fused-ring (bicyclic) bond motifs is 2. The highest BCUT2D eigenvalue weighted by atomic mass is 19.3. The summed E-state index contributed by atoms with van der Waals surface area (Å²) in [6, 6.07) is 6.52. The van der Waals surface area contributed by atoms with Crippen molar-refractivity contribution in [1.82, 2.24) is 19.6 Å². The summed E-state index contributed by atoms with van der Waals surface area (Å²) in [5.74, 6) is 0.651. The van der Waals surface area contributed by atoms with Crippen molar-refractivity contribution in [3.05, 3.63) is 77.4 Å². The van der Waals surface area contributed by atoms with Gasteiger partial charge in [0.05, 0.1) is 35.5 Å². The van der Waals surface area contributed by atoms with Gasteiger partial charge in [-0.1, -0.05) is 12.6 Å². The molecule has 1 amide bonds. The first kappa shape index (κ1) is 26.7. The van der Waals surface area contributed by atoms with E-state index in [4.69, 9.17) is 9.73 Å². The molecule has 39 heavy (non-hydrogen) atoms. The Hall–Kier alpha value is -3.89. The average Bonchev–Trinajstić information content (AvgIpc) is 3.67. The second-order valence-corrected chi connectivity index (χ2v) is 10.0. The fraction of sp³-hybridized carbons (Fsp3) is 0.345. The molecule has 3 aromatic rings. The molecule has 0 radical (unpaired) electrons. The zero-order valence-electron chi connectivity index (χ0n) is 22.3. The Bertz CT molecular complexity index is 1480. The monoisotopic (exact) mass is 534 g/mol. The van der Waals surface area contributed by atoms with E-state index in [2.05, 4.69) is 22.2 Å². The number of nitrogens with one attached hydrogen (secondary N) is 2. The summed E-state index contributed by atoms with van der Waals surface area (Å²) in [7, 11) is 3.97. The number of benzene rings is 1. The first-order valence-corrected chi connectivity index (χ1v) is 12.9. The summed E-state index contributed by atoms with van der Waals surface area (Å²) in [4.78, 5) is 24.3. The molecule has 1 fully saturated rings. The second kappa shape index (κ2) is 11.1. The van der Waals surface area contributed by atoms with Gasteiger partial charge in [-0.05, 0) is 62.9 Å². The zero-order valence-corrected chi connectivity index (χ0v) is 22.3. The predicted molar refractivity (Wildman–Crippen MR) is 148 cm³/mol. The minimum absolute atomic E-state index is 0.0857. The number of carbonyl (C=O) groups excluding carboxylic acids is 1. The molecule has 0 aliphatic carbocycles. The molecule has 2 aliphatic rings. The van der Waals surface area contributed by atoms with Crippen LogP contribution in [0.3, 0.4) is 0 Å². The first-order valence-electron chi connectivity index (χ1n) is 12.9. The van der Waals surface area contributed by atoms with Gasteiger partial charge < -0.3 is 20.3 Å². The summed E-state index contributed by atoms with van der Waals surface area (Å²) < 4.78 is 33.7. The van der Waals surface area contributed by atoms with E-state index < -0.39 is 6.43 Å². The molecule has 10 heteroatoms. The molecule has 2 aliphatic heterocycles. The molecular formula is C29H32F2N6O2. The lowest BCUT2D eigenvalue weighted by molar-refractivity contribution is 0.0966. The number of halogens is 2. The van der Waals surface area contributed by atoms with Crippen molar-refractivity contribution in [2.45, 2.75) is 26.3 Å². The fourth-order valence-corrected chi connectivity index (χ4v) is 5.02. The lowest BCUT2D eigenvalue weighted by atomic mass is 9.95. The van der Waals surface area contributed by atoms with E-state index in [0.717, 1.165) is 41.1 Å². The Labute approximate surface area is 226 Å². The van der Waals surface area contributed by atoms with Crippen LogP contribution in [0.5, 0.6) is 0 Å². The third-order valence-electron chi connectivity index (χ3n) is 7.08. The Balaban J connectivity index is 1.49. The van der Waals surface area contributed by atoms with E-state index in [-0.39, 0.29) is 17.4 Å². The lowest BCUT2D eigenvalue weighted by Gasteiger charge is -2.20. The Morgan fingerprint density at radius 3 is 2.90 bits per heavy atom. The van der Waals surface area contributed by atoms with Gasteiger partial charge in [0, 0.05) is 42.9 Å². The normalized spacial score (nSPS) is 17.8. The van der Waals surface area contributed by atoms with Gasteiger partial charge in [0.25, 0.3) is 12.3 Å². The Morgan fingerprint density at radius 1 is 1.38 bits per heavy atom. The van der Waals surface area contributed by atoms with E-state index in [1.54, 1.807) is 16.8 Å². The number of ether oxygens (including phenoxy) is 1. The van der Waals surface area contributed by atoms with E-state index in [0.29, 0.717) is 42.4 Å². The van der Waals surface area contributed by atoms with Crippen LogP contribution in [0.15, 0.2) is 65.7 Å². The molecule has 4 heterocycles. The van der Waals surface area contributed by atoms with Crippen LogP contribution in [0.25, 0.3) is 16.9 Å². The van der Waals surface area contributed by atoms with Gasteiger partial charge in [-0.25, -0.2) is 18.8 Å². The van der Waals surface area contributed by atoms with Crippen LogP contribution in [0, 0.1) is 5.92 Å². The van der Waals surface area contributed by atoms with Crippen LogP contribution in [0.4, 0.5) is 14.5 Å². The molecule has 204 valence electrons. The molecule has 1 saturated heterocycles. The lowest BCUT2D eigenvalue weighted by Crippen LogP contribution is -2.26. The van der Waals surface area contributed by atoms with E-state index in [9.17, 15) is 13.6 Å². The van der Waals surface area contributed by atoms with Gasteiger partial charge in [0.2, 0.25) is 0 Å². The maximum Gasteiger partial charge on any atom is 0.264 e. The summed E-state index contributed by atoms with van der Waals surface area (Å²) in [6.45, 7) is 8.55. The molecule has 1 aromatic carbocycles. The summed E-state index contributed by atoms with van der Waals surface area (Å²) in [6.07, 6.45) is 3.45. The van der Waals surface area contributed by atoms with Crippen LogP contribution in [0.2, 0.25) is 0 Å². The molecule has 0 bridgehead atoms. The van der Waals surface area contributed by atoms with Crippen molar-refractivity contribution in [2.24, 2.45) is 10.9 Å². The van der Waals surface area contributed by atoms with Crippen LogP contribution in [-0.2, 0) is 11.3 Å². The molecule has 0 unspecified atom stereocenters. The molecule has 0 saturated carbocycles. The van der Waals surface area contributed by atoms with Gasteiger partial charge >= 0.3 is 0 Å². The highest BCUT2D eigenvalue weighted by molar-refractivity contribution is 6.06. The third-order valence-corrected chi connectivity index (χ3v) is 7.08. The number of amides is 1. The number of pyridine rings is 1. The Morgan fingerprint density at radius 2 is 2.21 bits per heavy atom. The van der Waals surface area contributed by atoms with Crippen molar-refractivity contribution in [1.29, 1.82) is 0 Å². The van der Waals surface area contributed by atoms with Crippen molar-refractivity contribution < 1.29 is 18.3 Å². The number of rotatable bonds is 9. The van der Waals surface area contributed by atoms with Crippen LogP contribution < -0.4 is 10.6 Å². The fourth-order valence-electron chi connectivity index (χ4n) is 5.02. The number of allylic oxidation sites excluding steroid dienone is 1. The minimum atomic E-state index is -2.57. The quantitative estimate of drug-likeness (QED) is 0.376. The van der Waals surface area contributed by atoms with E-state index in [1.165, 1.54) is 12.1 Å². The molecule has 2 N–H and O–H groups in total. The van der Waals surface area contributed by atoms with Crippen LogP contribution in [0.1, 0.15) is 41.3 Å². The molecular weight excluding hydrogens is 502 g/mol. The van der Waals surface area contributed by atoms with Crippen molar-refractivity contribution in [3.63, 3.8) is 0 Å². The number of carbonyl (C=O) groups is 1. The number of hydrogen-bond donors (Lipinski definition) is 2. The zero-order chi connectivity index (χ0) is 27.7. The SMILES string of the molecule is C=C(/C(CN(C)C)=N\C(=C/C)Nc1ccc(-c2cnc3cc(C(F)F)ccn23)c2c1C(=O)NC2)[C@H]1CCOC1. The van der Waals surface area contributed by atoms with Crippen molar-refractivity contribution in [2.75, 3.05) is 39.2 Å². The topological polar surface area (TPSA) is 83.3 Å². The van der Waals surface area contributed by atoms with Gasteiger partial charge in [0.15, 0.2) is 0 Å². The number of nitrogens with zero attached hydrogens (tertiary/aromatic N) is 4. The predicted octanol–water partition coefficient (Wildman–Crippen LogP) is 5.05. The average molecular weight is 535 g/mol. The van der Waals surface area contributed by atoms with E-state index >= 15 is 0 Å². The van der Waals surface area contributed by atoms with E-state index in [1.807, 2.05) is 44.1 Å². The number of aromatic nitrogens is 2.